The highest BCUT2D eigenvalue weighted by molar-refractivity contribution is 6.25. The molecule has 2 heterocycles. The Morgan fingerprint density at radius 2 is 1.58 bits per heavy atom. The number of hydroxylamine groups is 1. The van der Waals surface area contributed by atoms with Gasteiger partial charge < -0.3 is 5.11 Å². The predicted octanol–water partition coefficient (Wildman–Crippen LogP) is 3.74. The Kier molecular flexibility index (Phi) is 4.64. The fourth-order valence-corrected chi connectivity index (χ4v) is 4.58. The van der Waals surface area contributed by atoms with Crippen LogP contribution in [0.2, 0.25) is 0 Å². The zero-order valence-electron chi connectivity index (χ0n) is 17.5. The van der Waals surface area contributed by atoms with Crippen LogP contribution in [0.5, 0.6) is 5.75 Å². The second-order valence-corrected chi connectivity index (χ2v) is 8.14. The number of para-hydroxylation sites is 2. The Hall–Kier alpha value is -4.24. The molecule has 3 aromatic rings. The van der Waals surface area contributed by atoms with Gasteiger partial charge in [-0.25, -0.2) is 9.96 Å². The van der Waals surface area contributed by atoms with E-state index in [-0.39, 0.29) is 17.1 Å². The molecule has 9 heteroatoms. The Balaban J connectivity index is 1.62. The molecule has 33 heavy (non-hydrogen) atoms. The van der Waals surface area contributed by atoms with Crippen LogP contribution >= 0.6 is 0 Å². The van der Waals surface area contributed by atoms with E-state index in [2.05, 4.69) is 0 Å². The number of anilines is 2. The summed E-state index contributed by atoms with van der Waals surface area (Å²) in [6, 6.07) is 20.1. The van der Waals surface area contributed by atoms with E-state index in [1.54, 1.807) is 37.3 Å². The lowest BCUT2D eigenvalue weighted by Crippen LogP contribution is -2.41. The highest BCUT2D eigenvalue weighted by Gasteiger charge is 2.69. The van der Waals surface area contributed by atoms with Crippen molar-refractivity contribution in [1.82, 2.24) is 0 Å². The third kappa shape index (κ3) is 2.97. The average Bonchev–Trinajstić information content (AvgIpc) is 3.23. The van der Waals surface area contributed by atoms with Crippen LogP contribution in [0.1, 0.15) is 18.5 Å². The summed E-state index contributed by atoms with van der Waals surface area (Å²) in [6.07, 6.45) is -1.15. The van der Waals surface area contributed by atoms with Crippen LogP contribution in [-0.4, -0.2) is 27.9 Å². The maximum absolute atomic E-state index is 13.8. The molecule has 3 aromatic carbocycles. The zero-order chi connectivity index (χ0) is 23.3. The fraction of sp³-hybridized carbons (Fsp3) is 0.167. The molecule has 0 saturated carbocycles. The first kappa shape index (κ1) is 20.7. The summed E-state index contributed by atoms with van der Waals surface area (Å²) in [5.74, 6) is -1.11. The quantitative estimate of drug-likeness (QED) is 0.370. The van der Waals surface area contributed by atoms with Gasteiger partial charge in [-0.15, -0.1) is 0 Å². The molecule has 0 spiro atoms. The van der Waals surface area contributed by atoms with E-state index >= 15 is 0 Å². The number of phenols is 1. The number of hydrogen-bond acceptors (Lipinski definition) is 7. The van der Waals surface area contributed by atoms with Crippen molar-refractivity contribution >= 4 is 28.9 Å². The number of carbonyl (C=O) groups excluding carboxylic acids is 2. The van der Waals surface area contributed by atoms with Gasteiger partial charge in [0.15, 0.2) is 6.10 Å². The van der Waals surface area contributed by atoms with Gasteiger partial charge in [0.2, 0.25) is 5.91 Å². The number of benzene rings is 3. The molecule has 5 rings (SSSR count). The molecule has 1 N–H and O–H groups in total. The van der Waals surface area contributed by atoms with Gasteiger partial charge in [-0.1, -0.05) is 36.4 Å². The van der Waals surface area contributed by atoms with E-state index in [4.69, 9.17) is 4.84 Å². The highest BCUT2D eigenvalue weighted by Crippen LogP contribution is 2.56. The molecule has 2 fully saturated rings. The van der Waals surface area contributed by atoms with Crippen molar-refractivity contribution in [1.29, 1.82) is 0 Å². The van der Waals surface area contributed by atoms with Crippen molar-refractivity contribution in [2.45, 2.75) is 19.1 Å². The first-order chi connectivity index (χ1) is 15.8. The molecule has 9 nitrogen and oxygen atoms in total. The van der Waals surface area contributed by atoms with Gasteiger partial charge in [0.25, 0.3) is 11.6 Å². The van der Waals surface area contributed by atoms with E-state index in [1.807, 2.05) is 18.2 Å². The standard InChI is InChI=1S/C24H19N3O6/c1-24-20(18-9-5-6-10-19(18)28)26(16-7-3-2-4-8-16)33-21(24)22(29)25(23(24)30)15-11-13-17(14-12-15)27(31)32/h2-14,20-21,28H,1H3. The summed E-state index contributed by atoms with van der Waals surface area (Å²) in [7, 11) is 0. The molecule has 0 radical (unpaired) electrons. The molecular formula is C24H19N3O6. The Labute approximate surface area is 188 Å². The Morgan fingerprint density at radius 1 is 0.939 bits per heavy atom. The highest BCUT2D eigenvalue weighted by atomic mass is 16.7. The summed E-state index contributed by atoms with van der Waals surface area (Å²) < 4.78 is 0. The fourth-order valence-electron chi connectivity index (χ4n) is 4.58. The minimum absolute atomic E-state index is 0.0251. The van der Waals surface area contributed by atoms with Crippen LogP contribution in [0.25, 0.3) is 0 Å². The van der Waals surface area contributed by atoms with Crippen LogP contribution in [0.4, 0.5) is 17.1 Å². The number of non-ortho nitro benzene ring substituents is 1. The molecule has 3 atom stereocenters. The number of nitro groups is 1. The number of hydrogen-bond donors (Lipinski definition) is 1. The minimum atomic E-state index is -1.37. The van der Waals surface area contributed by atoms with Crippen LogP contribution in [0, 0.1) is 15.5 Å². The third-order valence-electron chi connectivity index (χ3n) is 6.24. The first-order valence-corrected chi connectivity index (χ1v) is 10.3. The minimum Gasteiger partial charge on any atom is -0.508 e. The second-order valence-electron chi connectivity index (χ2n) is 8.14. The predicted molar refractivity (Wildman–Crippen MR) is 118 cm³/mol. The molecule has 0 bridgehead atoms. The smallest absolute Gasteiger partial charge is 0.269 e. The maximum atomic E-state index is 13.8. The van der Waals surface area contributed by atoms with Gasteiger partial charge in [0.05, 0.1) is 16.3 Å². The molecule has 2 amide bonds. The van der Waals surface area contributed by atoms with Crippen LogP contribution in [0.15, 0.2) is 78.9 Å². The number of fused-ring (bicyclic) bond motifs is 1. The summed E-state index contributed by atoms with van der Waals surface area (Å²) >= 11 is 0. The van der Waals surface area contributed by atoms with Crippen LogP contribution in [-0.2, 0) is 14.4 Å². The number of nitro benzene ring substituents is 1. The number of amides is 2. The molecule has 3 unspecified atom stereocenters. The lowest BCUT2D eigenvalue weighted by molar-refractivity contribution is -0.384. The topological polar surface area (TPSA) is 113 Å². The lowest BCUT2D eigenvalue weighted by Gasteiger charge is -2.33. The molecule has 2 aliphatic rings. The van der Waals surface area contributed by atoms with Crippen molar-refractivity contribution in [2.75, 3.05) is 9.96 Å². The summed E-state index contributed by atoms with van der Waals surface area (Å²) in [5, 5.41) is 23.1. The van der Waals surface area contributed by atoms with Crippen LogP contribution < -0.4 is 9.96 Å². The van der Waals surface area contributed by atoms with E-state index in [0.29, 0.717) is 11.3 Å². The monoisotopic (exact) mass is 445 g/mol. The summed E-state index contributed by atoms with van der Waals surface area (Å²) in [4.78, 5) is 44.7. The lowest BCUT2D eigenvalue weighted by atomic mass is 9.76. The molecule has 0 aromatic heterocycles. The van der Waals surface area contributed by atoms with Gasteiger partial charge >= 0.3 is 0 Å². The molecule has 166 valence electrons. The third-order valence-corrected chi connectivity index (χ3v) is 6.24. The number of nitrogens with zero attached hydrogens (tertiary/aromatic N) is 3. The number of phenolic OH excluding ortho intramolecular Hbond substituents is 1. The van der Waals surface area contributed by atoms with E-state index in [0.717, 1.165) is 4.90 Å². The van der Waals surface area contributed by atoms with Gasteiger partial charge in [-0.05, 0) is 37.3 Å². The molecular weight excluding hydrogens is 426 g/mol. The Morgan fingerprint density at radius 3 is 2.21 bits per heavy atom. The van der Waals surface area contributed by atoms with Gasteiger partial charge in [-0.3, -0.25) is 24.5 Å². The van der Waals surface area contributed by atoms with Gasteiger partial charge in [-0.2, -0.15) is 0 Å². The summed E-state index contributed by atoms with van der Waals surface area (Å²) in [6.45, 7) is 1.64. The molecule has 2 saturated heterocycles. The molecule has 0 aliphatic carbocycles. The number of rotatable bonds is 4. The number of imide groups is 1. The van der Waals surface area contributed by atoms with Crippen molar-refractivity contribution < 1.29 is 24.5 Å². The van der Waals surface area contributed by atoms with Crippen molar-refractivity contribution in [3.05, 3.63) is 94.5 Å². The van der Waals surface area contributed by atoms with E-state index < -0.39 is 34.3 Å². The summed E-state index contributed by atoms with van der Waals surface area (Å²) in [5.41, 5.74) is -0.227. The largest absolute Gasteiger partial charge is 0.508 e. The van der Waals surface area contributed by atoms with E-state index in [9.17, 15) is 24.8 Å². The van der Waals surface area contributed by atoms with Crippen molar-refractivity contribution in [3.63, 3.8) is 0 Å². The van der Waals surface area contributed by atoms with Crippen molar-refractivity contribution in [2.24, 2.45) is 5.41 Å². The number of carbonyl (C=O) groups is 2. The normalized spacial score (nSPS) is 24.3. The first-order valence-electron chi connectivity index (χ1n) is 10.3. The zero-order valence-corrected chi connectivity index (χ0v) is 17.5. The maximum Gasteiger partial charge on any atom is 0.269 e. The Bertz CT molecular complexity index is 1260. The number of aromatic hydroxyl groups is 1. The van der Waals surface area contributed by atoms with Crippen LogP contribution in [0.3, 0.4) is 0 Å². The second kappa shape index (κ2) is 7.42. The van der Waals surface area contributed by atoms with Gasteiger partial charge in [0.1, 0.15) is 17.2 Å². The SMILES string of the molecule is CC12C(=O)N(c3ccc([N+](=O)[O-])cc3)C(=O)C1ON(c1ccccc1)C2c1ccccc1O. The molecule has 2 aliphatic heterocycles. The van der Waals surface area contributed by atoms with Crippen molar-refractivity contribution in [3.8, 4) is 5.75 Å². The van der Waals surface area contributed by atoms with E-state index in [1.165, 1.54) is 35.4 Å². The van der Waals surface area contributed by atoms with Gasteiger partial charge in [0, 0.05) is 17.7 Å². The average molecular weight is 445 g/mol.